The van der Waals surface area contributed by atoms with Crippen molar-refractivity contribution in [1.29, 1.82) is 0 Å². The number of nitrogens with one attached hydrogen (secondary N) is 1. The lowest BCUT2D eigenvalue weighted by Crippen LogP contribution is -2.21. The molecule has 88 valence electrons. The molecule has 16 heavy (non-hydrogen) atoms. The Morgan fingerprint density at radius 3 is 2.94 bits per heavy atom. The van der Waals surface area contributed by atoms with Crippen LogP contribution in [-0.4, -0.2) is 13.7 Å². The van der Waals surface area contributed by atoms with E-state index in [1.54, 1.807) is 7.11 Å². The molecule has 0 radical (unpaired) electrons. The van der Waals surface area contributed by atoms with Gasteiger partial charge in [0, 0.05) is 6.04 Å². The summed E-state index contributed by atoms with van der Waals surface area (Å²) in [5, 5.41) is 3.51. The van der Waals surface area contributed by atoms with Gasteiger partial charge in [0.2, 0.25) is 0 Å². The summed E-state index contributed by atoms with van der Waals surface area (Å²) in [4.78, 5) is 0. The molecule has 0 aliphatic carbocycles. The third-order valence-corrected chi connectivity index (χ3v) is 2.54. The van der Waals surface area contributed by atoms with Crippen LogP contribution in [0.1, 0.15) is 31.4 Å². The van der Waals surface area contributed by atoms with E-state index in [0.29, 0.717) is 6.04 Å². The fraction of sp³-hybridized carbons (Fsp3) is 0.429. The van der Waals surface area contributed by atoms with E-state index in [-0.39, 0.29) is 0 Å². The maximum atomic E-state index is 5.23. The van der Waals surface area contributed by atoms with Crippen LogP contribution in [0.2, 0.25) is 0 Å². The van der Waals surface area contributed by atoms with Crippen LogP contribution in [0.15, 0.2) is 36.9 Å². The van der Waals surface area contributed by atoms with Gasteiger partial charge < -0.3 is 10.1 Å². The second kappa shape index (κ2) is 7.07. The topological polar surface area (TPSA) is 21.3 Å². The fourth-order valence-electron chi connectivity index (χ4n) is 1.68. The highest BCUT2D eigenvalue weighted by Gasteiger charge is 2.09. The maximum absolute atomic E-state index is 5.23. The van der Waals surface area contributed by atoms with Gasteiger partial charge in [-0.25, -0.2) is 0 Å². The Kier molecular flexibility index (Phi) is 5.65. The molecule has 0 fully saturated rings. The number of ether oxygens (including phenoxy) is 1. The predicted molar refractivity (Wildman–Crippen MR) is 68.8 cm³/mol. The molecule has 0 saturated carbocycles. The Morgan fingerprint density at radius 2 is 2.31 bits per heavy atom. The van der Waals surface area contributed by atoms with Crippen LogP contribution in [0, 0.1) is 0 Å². The van der Waals surface area contributed by atoms with Crippen molar-refractivity contribution in [3.63, 3.8) is 0 Å². The minimum atomic E-state index is 0.340. The van der Waals surface area contributed by atoms with Crippen molar-refractivity contribution in [2.24, 2.45) is 0 Å². The zero-order valence-electron chi connectivity index (χ0n) is 10.2. The van der Waals surface area contributed by atoms with E-state index in [9.17, 15) is 0 Å². The molecule has 0 aliphatic rings. The van der Waals surface area contributed by atoms with Crippen molar-refractivity contribution in [3.05, 3.63) is 42.5 Å². The van der Waals surface area contributed by atoms with Gasteiger partial charge in [0.1, 0.15) is 5.75 Å². The largest absolute Gasteiger partial charge is 0.497 e. The molecule has 1 aromatic rings. The summed E-state index contributed by atoms with van der Waals surface area (Å²) >= 11 is 0. The Morgan fingerprint density at radius 1 is 1.50 bits per heavy atom. The van der Waals surface area contributed by atoms with Crippen LogP contribution in [0.25, 0.3) is 0 Å². The first kappa shape index (κ1) is 12.8. The molecular formula is C14H21NO. The fourth-order valence-corrected chi connectivity index (χ4v) is 1.68. The number of rotatable bonds is 7. The van der Waals surface area contributed by atoms with Gasteiger partial charge in [-0.1, -0.05) is 25.1 Å². The van der Waals surface area contributed by atoms with Gasteiger partial charge in [0.05, 0.1) is 7.11 Å². The summed E-state index contributed by atoms with van der Waals surface area (Å²) in [6, 6.07) is 8.54. The lowest BCUT2D eigenvalue weighted by Gasteiger charge is -2.17. The molecule has 1 unspecified atom stereocenters. The summed E-state index contributed by atoms with van der Waals surface area (Å²) in [6.45, 7) is 7.00. The summed E-state index contributed by atoms with van der Waals surface area (Å²) in [7, 11) is 1.70. The first-order valence-corrected chi connectivity index (χ1v) is 5.80. The molecule has 0 saturated heterocycles. The smallest absolute Gasteiger partial charge is 0.119 e. The van der Waals surface area contributed by atoms with Gasteiger partial charge in [-0.15, -0.1) is 6.58 Å². The zero-order chi connectivity index (χ0) is 11.8. The van der Waals surface area contributed by atoms with E-state index in [4.69, 9.17) is 4.74 Å². The monoisotopic (exact) mass is 219 g/mol. The molecule has 0 aliphatic heterocycles. The molecule has 0 amide bonds. The van der Waals surface area contributed by atoms with E-state index in [1.165, 1.54) is 5.56 Å². The van der Waals surface area contributed by atoms with E-state index < -0.39 is 0 Å². The van der Waals surface area contributed by atoms with Crippen molar-refractivity contribution in [2.75, 3.05) is 13.7 Å². The van der Waals surface area contributed by atoms with Crippen LogP contribution >= 0.6 is 0 Å². The van der Waals surface area contributed by atoms with Crippen molar-refractivity contribution in [1.82, 2.24) is 5.32 Å². The Labute approximate surface area is 98.3 Å². The molecule has 1 N–H and O–H groups in total. The minimum Gasteiger partial charge on any atom is -0.497 e. The Bertz CT molecular complexity index is 322. The molecule has 1 rings (SSSR count). The average molecular weight is 219 g/mol. The second-order valence-corrected chi connectivity index (χ2v) is 3.81. The quantitative estimate of drug-likeness (QED) is 0.710. The van der Waals surface area contributed by atoms with E-state index >= 15 is 0 Å². The number of hydrogen-bond acceptors (Lipinski definition) is 2. The van der Waals surface area contributed by atoms with Crippen molar-refractivity contribution >= 4 is 0 Å². The molecule has 1 atom stereocenters. The van der Waals surface area contributed by atoms with Crippen molar-refractivity contribution < 1.29 is 4.74 Å². The molecule has 0 aromatic heterocycles. The standard InChI is InChI=1S/C14H21NO/c1-4-7-14(15-10-5-2)12-8-6-9-13(11-12)16-3/h4,6,8-9,11,14-15H,1,5,7,10H2,2-3H3. The van der Waals surface area contributed by atoms with Crippen LogP contribution in [0.3, 0.4) is 0 Å². The Hall–Kier alpha value is -1.28. The highest BCUT2D eigenvalue weighted by Crippen LogP contribution is 2.21. The molecule has 0 bridgehead atoms. The van der Waals surface area contributed by atoms with Gasteiger partial charge in [-0.2, -0.15) is 0 Å². The third-order valence-electron chi connectivity index (χ3n) is 2.54. The average Bonchev–Trinajstić information content (AvgIpc) is 2.34. The van der Waals surface area contributed by atoms with Crippen molar-refractivity contribution in [2.45, 2.75) is 25.8 Å². The van der Waals surface area contributed by atoms with E-state index in [0.717, 1.165) is 25.1 Å². The number of benzene rings is 1. The normalized spacial score (nSPS) is 12.1. The highest BCUT2D eigenvalue weighted by molar-refractivity contribution is 5.30. The molecule has 0 spiro atoms. The predicted octanol–water partition coefficient (Wildman–Crippen LogP) is 3.31. The first-order valence-electron chi connectivity index (χ1n) is 5.80. The van der Waals surface area contributed by atoms with Gasteiger partial charge in [0.15, 0.2) is 0 Å². The summed E-state index contributed by atoms with van der Waals surface area (Å²) in [5.41, 5.74) is 1.26. The Balaban J connectivity index is 2.77. The lowest BCUT2D eigenvalue weighted by molar-refractivity contribution is 0.413. The van der Waals surface area contributed by atoms with E-state index in [1.807, 2.05) is 18.2 Å². The van der Waals surface area contributed by atoms with Crippen molar-refractivity contribution in [3.8, 4) is 5.75 Å². The van der Waals surface area contributed by atoms with E-state index in [2.05, 4.69) is 31.0 Å². The van der Waals surface area contributed by atoms with Gasteiger partial charge >= 0.3 is 0 Å². The SMILES string of the molecule is C=CCC(NCCC)c1cccc(OC)c1. The number of methoxy groups -OCH3 is 1. The van der Waals surface area contributed by atoms with Crippen LogP contribution < -0.4 is 10.1 Å². The molecule has 1 aromatic carbocycles. The van der Waals surface area contributed by atoms with Gasteiger partial charge in [-0.3, -0.25) is 0 Å². The summed E-state index contributed by atoms with van der Waals surface area (Å²) in [5.74, 6) is 0.907. The lowest BCUT2D eigenvalue weighted by atomic mass is 10.0. The minimum absolute atomic E-state index is 0.340. The van der Waals surface area contributed by atoms with Gasteiger partial charge in [0.25, 0.3) is 0 Å². The molecule has 2 heteroatoms. The maximum Gasteiger partial charge on any atom is 0.119 e. The van der Waals surface area contributed by atoms with Crippen LogP contribution in [-0.2, 0) is 0 Å². The van der Waals surface area contributed by atoms with Gasteiger partial charge in [-0.05, 0) is 37.1 Å². The third kappa shape index (κ3) is 3.70. The molecule has 0 heterocycles. The zero-order valence-corrected chi connectivity index (χ0v) is 10.2. The summed E-state index contributed by atoms with van der Waals surface area (Å²) in [6.07, 6.45) is 4.03. The molecule has 2 nitrogen and oxygen atoms in total. The first-order chi connectivity index (χ1) is 7.81. The number of hydrogen-bond donors (Lipinski definition) is 1. The second-order valence-electron chi connectivity index (χ2n) is 3.81. The summed E-state index contributed by atoms with van der Waals surface area (Å²) < 4.78 is 5.23. The molecular weight excluding hydrogens is 198 g/mol. The highest BCUT2D eigenvalue weighted by atomic mass is 16.5. The van der Waals surface area contributed by atoms with Crippen LogP contribution in [0.4, 0.5) is 0 Å². The van der Waals surface area contributed by atoms with Crippen LogP contribution in [0.5, 0.6) is 5.75 Å².